The SMILES string of the molecule is CCn1cc(C(=O)N[C@@H](Cc2ccccc2)C(=O)NCCN2CCOCC2)c(=O)c2cc3c(cc21)OCO3. The monoisotopic (exact) mass is 520 g/mol. The van der Waals surface area contributed by atoms with Crippen LogP contribution in [0.2, 0.25) is 0 Å². The summed E-state index contributed by atoms with van der Waals surface area (Å²) in [7, 11) is 0. The number of amides is 2. The molecule has 3 aromatic rings. The van der Waals surface area contributed by atoms with E-state index in [1.54, 1.807) is 12.1 Å². The fraction of sp³-hybridized carbons (Fsp3) is 0.393. The highest BCUT2D eigenvalue weighted by Crippen LogP contribution is 2.35. The van der Waals surface area contributed by atoms with Crippen LogP contribution in [0.25, 0.3) is 10.9 Å². The summed E-state index contributed by atoms with van der Waals surface area (Å²) in [5.41, 5.74) is 1.10. The Hall–Kier alpha value is -3.89. The number of morpholine rings is 1. The Kier molecular flexibility index (Phi) is 7.90. The number of ether oxygens (including phenoxy) is 3. The van der Waals surface area contributed by atoms with Gasteiger partial charge in [-0.15, -0.1) is 0 Å². The van der Waals surface area contributed by atoms with Gasteiger partial charge in [0.05, 0.1) is 24.1 Å². The molecule has 3 heterocycles. The first-order valence-corrected chi connectivity index (χ1v) is 12.9. The molecule has 0 unspecified atom stereocenters. The number of aromatic nitrogens is 1. The van der Waals surface area contributed by atoms with E-state index in [2.05, 4.69) is 15.5 Å². The lowest BCUT2D eigenvalue weighted by Gasteiger charge is -2.27. The molecule has 0 spiro atoms. The zero-order valence-electron chi connectivity index (χ0n) is 21.4. The van der Waals surface area contributed by atoms with Gasteiger partial charge in [-0.2, -0.15) is 0 Å². The number of pyridine rings is 1. The second kappa shape index (κ2) is 11.7. The number of nitrogens with one attached hydrogen (secondary N) is 2. The Balaban J connectivity index is 1.37. The van der Waals surface area contributed by atoms with E-state index in [1.807, 2.05) is 41.8 Å². The molecule has 38 heavy (non-hydrogen) atoms. The van der Waals surface area contributed by atoms with Crippen molar-refractivity contribution in [3.05, 3.63) is 70.0 Å². The lowest BCUT2D eigenvalue weighted by Crippen LogP contribution is -2.50. The molecular formula is C28H32N4O6. The number of carbonyl (C=O) groups excluding carboxylic acids is 2. The van der Waals surface area contributed by atoms with Crippen LogP contribution in [0.15, 0.2) is 53.5 Å². The molecule has 1 atom stereocenters. The van der Waals surface area contributed by atoms with Crippen LogP contribution in [0.1, 0.15) is 22.8 Å². The van der Waals surface area contributed by atoms with Crippen molar-refractivity contribution in [2.75, 3.05) is 46.2 Å². The number of aryl methyl sites for hydroxylation is 1. The standard InChI is InChI=1S/C28H32N4O6/c1-2-32-17-21(26(33)20-15-24-25(16-23(20)32)38-18-37-24)27(34)30-22(14-19-6-4-3-5-7-19)28(35)29-8-9-31-10-12-36-13-11-31/h3-7,15-17,22H,2,8-14,18H2,1H3,(H,29,35)(H,30,34)/t22-/m0/s1. The van der Waals surface area contributed by atoms with E-state index >= 15 is 0 Å². The van der Waals surface area contributed by atoms with Crippen molar-refractivity contribution >= 4 is 22.7 Å². The van der Waals surface area contributed by atoms with Gasteiger partial charge < -0.3 is 29.4 Å². The maximum Gasteiger partial charge on any atom is 0.257 e. The lowest BCUT2D eigenvalue weighted by atomic mass is 10.0. The Morgan fingerprint density at radius 2 is 1.79 bits per heavy atom. The minimum atomic E-state index is -0.850. The van der Waals surface area contributed by atoms with Gasteiger partial charge in [-0.25, -0.2) is 0 Å². The van der Waals surface area contributed by atoms with Crippen LogP contribution in [0.4, 0.5) is 0 Å². The van der Waals surface area contributed by atoms with Gasteiger partial charge in [0.15, 0.2) is 11.5 Å². The molecule has 2 N–H and O–H groups in total. The molecule has 10 nitrogen and oxygen atoms in total. The summed E-state index contributed by atoms with van der Waals surface area (Å²) in [6.45, 7) is 6.71. The minimum Gasteiger partial charge on any atom is -0.454 e. The quantitative estimate of drug-likeness (QED) is 0.440. The third-order valence-corrected chi connectivity index (χ3v) is 6.90. The van der Waals surface area contributed by atoms with Gasteiger partial charge in [0.1, 0.15) is 11.6 Å². The molecule has 5 rings (SSSR count). The molecule has 2 aliphatic rings. The van der Waals surface area contributed by atoms with Gasteiger partial charge >= 0.3 is 0 Å². The number of nitrogens with zero attached hydrogens (tertiary/aromatic N) is 2. The summed E-state index contributed by atoms with van der Waals surface area (Å²) >= 11 is 0. The number of fused-ring (bicyclic) bond motifs is 2. The van der Waals surface area contributed by atoms with Crippen molar-refractivity contribution in [2.45, 2.75) is 25.9 Å². The first-order chi connectivity index (χ1) is 18.5. The summed E-state index contributed by atoms with van der Waals surface area (Å²) < 4.78 is 18.1. The maximum absolute atomic E-state index is 13.5. The van der Waals surface area contributed by atoms with Gasteiger partial charge in [-0.1, -0.05) is 30.3 Å². The fourth-order valence-corrected chi connectivity index (χ4v) is 4.78. The summed E-state index contributed by atoms with van der Waals surface area (Å²) in [5.74, 6) is 0.140. The maximum atomic E-state index is 13.5. The minimum absolute atomic E-state index is 0.0302. The van der Waals surface area contributed by atoms with E-state index < -0.39 is 17.4 Å². The molecule has 1 aromatic heterocycles. The Morgan fingerprint density at radius 3 is 2.53 bits per heavy atom. The van der Waals surface area contributed by atoms with E-state index in [9.17, 15) is 14.4 Å². The Bertz CT molecular complexity index is 1370. The van der Waals surface area contributed by atoms with E-state index in [1.165, 1.54) is 6.20 Å². The van der Waals surface area contributed by atoms with Crippen molar-refractivity contribution in [1.29, 1.82) is 0 Å². The number of carbonyl (C=O) groups is 2. The van der Waals surface area contributed by atoms with Crippen LogP contribution in [-0.2, 0) is 22.5 Å². The van der Waals surface area contributed by atoms with E-state index in [-0.39, 0.29) is 18.3 Å². The largest absolute Gasteiger partial charge is 0.454 e. The predicted molar refractivity (Wildman–Crippen MR) is 142 cm³/mol. The van der Waals surface area contributed by atoms with E-state index in [4.69, 9.17) is 14.2 Å². The highest BCUT2D eigenvalue weighted by molar-refractivity contribution is 6.00. The van der Waals surface area contributed by atoms with Crippen LogP contribution in [0.5, 0.6) is 11.5 Å². The zero-order chi connectivity index (χ0) is 26.5. The number of rotatable bonds is 9. The molecule has 2 aromatic carbocycles. The van der Waals surface area contributed by atoms with Gasteiger partial charge in [0.2, 0.25) is 18.1 Å². The van der Waals surface area contributed by atoms with Gasteiger partial charge in [0, 0.05) is 51.4 Å². The van der Waals surface area contributed by atoms with Crippen LogP contribution >= 0.6 is 0 Å². The average molecular weight is 521 g/mol. The predicted octanol–water partition coefficient (Wildman–Crippen LogP) is 1.54. The Labute approximate surface area is 220 Å². The molecule has 0 saturated carbocycles. The molecule has 0 aliphatic carbocycles. The molecular weight excluding hydrogens is 488 g/mol. The first-order valence-electron chi connectivity index (χ1n) is 12.9. The third-order valence-electron chi connectivity index (χ3n) is 6.90. The summed E-state index contributed by atoms with van der Waals surface area (Å²) in [6.07, 6.45) is 1.84. The Morgan fingerprint density at radius 1 is 1.05 bits per heavy atom. The normalized spacial score (nSPS) is 15.8. The van der Waals surface area contributed by atoms with Gasteiger partial charge in [-0.05, 0) is 18.6 Å². The molecule has 200 valence electrons. The second-order valence-corrected chi connectivity index (χ2v) is 9.34. The lowest BCUT2D eigenvalue weighted by molar-refractivity contribution is -0.123. The average Bonchev–Trinajstić information content (AvgIpc) is 3.41. The van der Waals surface area contributed by atoms with Crippen molar-refractivity contribution in [3.63, 3.8) is 0 Å². The number of benzene rings is 2. The summed E-state index contributed by atoms with van der Waals surface area (Å²) in [6, 6.07) is 12.0. The summed E-state index contributed by atoms with van der Waals surface area (Å²) in [4.78, 5) is 42.3. The molecule has 0 bridgehead atoms. The van der Waals surface area contributed by atoms with Crippen LogP contribution in [-0.4, -0.2) is 73.5 Å². The van der Waals surface area contributed by atoms with E-state index in [0.717, 1.165) is 18.7 Å². The van der Waals surface area contributed by atoms with Crippen LogP contribution in [0.3, 0.4) is 0 Å². The number of hydrogen-bond donors (Lipinski definition) is 2. The summed E-state index contributed by atoms with van der Waals surface area (Å²) in [5, 5.41) is 6.14. The fourth-order valence-electron chi connectivity index (χ4n) is 4.78. The topological polar surface area (TPSA) is 111 Å². The van der Waals surface area contributed by atoms with E-state index in [0.29, 0.717) is 61.7 Å². The highest BCUT2D eigenvalue weighted by atomic mass is 16.7. The molecule has 1 saturated heterocycles. The first kappa shape index (κ1) is 25.7. The molecule has 10 heteroatoms. The molecule has 1 fully saturated rings. The van der Waals surface area contributed by atoms with Gasteiger partial charge in [-0.3, -0.25) is 19.3 Å². The van der Waals surface area contributed by atoms with Crippen LogP contribution < -0.4 is 25.5 Å². The second-order valence-electron chi connectivity index (χ2n) is 9.34. The molecule has 2 aliphatic heterocycles. The third kappa shape index (κ3) is 5.66. The van der Waals surface area contributed by atoms with Crippen molar-refractivity contribution < 1.29 is 23.8 Å². The highest BCUT2D eigenvalue weighted by Gasteiger charge is 2.25. The molecule has 2 amide bonds. The smallest absolute Gasteiger partial charge is 0.257 e. The zero-order valence-corrected chi connectivity index (χ0v) is 21.4. The van der Waals surface area contributed by atoms with Gasteiger partial charge in [0.25, 0.3) is 5.91 Å². The van der Waals surface area contributed by atoms with Crippen molar-refractivity contribution in [1.82, 2.24) is 20.1 Å². The molecule has 0 radical (unpaired) electrons. The van der Waals surface area contributed by atoms with Crippen LogP contribution in [0, 0.1) is 0 Å². The number of hydrogen-bond acceptors (Lipinski definition) is 7. The van der Waals surface area contributed by atoms with Crippen molar-refractivity contribution in [3.8, 4) is 11.5 Å². The van der Waals surface area contributed by atoms with Crippen molar-refractivity contribution in [2.24, 2.45) is 0 Å².